The summed E-state index contributed by atoms with van der Waals surface area (Å²) >= 11 is 5.92. The number of ether oxygens (including phenoxy) is 1. The van der Waals surface area contributed by atoms with Crippen molar-refractivity contribution in [2.24, 2.45) is 5.11 Å². The van der Waals surface area contributed by atoms with Crippen LogP contribution in [-0.4, -0.2) is 23.5 Å². The highest BCUT2D eigenvalue weighted by molar-refractivity contribution is 6.34. The summed E-state index contributed by atoms with van der Waals surface area (Å²) in [6, 6.07) is 5.14. The van der Waals surface area contributed by atoms with E-state index in [-0.39, 0.29) is 16.6 Å². The van der Waals surface area contributed by atoms with Crippen molar-refractivity contribution in [1.82, 2.24) is 4.98 Å². The second-order valence-corrected chi connectivity index (χ2v) is 4.70. The fourth-order valence-electron chi connectivity index (χ4n) is 1.76. The number of benzene rings is 1. The maximum Gasteiger partial charge on any atom is 0.302 e. The Labute approximate surface area is 131 Å². The fourth-order valence-corrected chi connectivity index (χ4v) is 2.01. The van der Waals surface area contributed by atoms with Crippen molar-refractivity contribution in [3.05, 3.63) is 44.9 Å². The number of esters is 1. The Balaban J connectivity index is 0.000000346. The van der Waals surface area contributed by atoms with E-state index in [0.717, 1.165) is 16.6 Å². The largest absolute Gasteiger partial charge is 0.466 e. The number of rotatable bonds is 2. The second-order valence-electron chi connectivity index (χ2n) is 4.29. The number of nitrogens with one attached hydrogen (secondary N) is 1. The SMILES string of the molecule is CCOC(C)=O.Cc1cc2cc(C(=O)N=[N+]=[N-])c(Cl)cc2[nH]1. The Morgan fingerprint density at radius 2 is 2.09 bits per heavy atom. The molecule has 0 bridgehead atoms. The topological polar surface area (TPSA) is 108 Å². The molecular formula is C14H15ClN4O3. The predicted octanol–water partition coefficient (Wildman–Crippen LogP) is 4.15. The van der Waals surface area contributed by atoms with Gasteiger partial charge in [-0.15, -0.1) is 0 Å². The molecule has 0 aliphatic rings. The Kier molecular flexibility index (Phi) is 6.44. The summed E-state index contributed by atoms with van der Waals surface area (Å²) in [6.45, 7) is 5.56. The molecule has 0 saturated carbocycles. The lowest BCUT2D eigenvalue weighted by Gasteiger charge is -1.99. The van der Waals surface area contributed by atoms with E-state index in [1.165, 1.54) is 6.92 Å². The van der Waals surface area contributed by atoms with Crippen LogP contribution in [0.5, 0.6) is 0 Å². The number of hydrogen-bond acceptors (Lipinski definition) is 3. The van der Waals surface area contributed by atoms with Crippen LogP contribution in [0.4, 0.5) is 0 Å². The van der Waals surface area contributed by atoms with Crippen LogP contribution < -0.4 is 0 Å². The van der Waals surface area contributed by atoms with Gasteiger partial charge in [-0.05, 0) is 42.7 Å². The van der Waals surface area contributed by atoms with Crippen LogP contribution in [0.3, 0.4) is 0 Å². The number of hydrogen-bond donors (Lipinski definition) is 1. The molecule has 0 fully saturated rings. The molecule has 1 aromatic carbocycles. The molecule has 0 unspecified atom stereocenters. The number of aryl methyl sites for hydroxylation is 1. The van der Waals surface area contributed by atoms with Gasteiger partial charge >= 0.3 is 5.97 Å². The lowest BCUT2D eigenvalue weighted by Crippen LogP contribution is -1.95. The summed E-state index contributed by atoms with van der Waals surface area (Å²) in [7, 11) is 0. The molecule has 116 valence electrons. The number of H-pyrrole nitrogens is 1. The minimum absolute atomic E-state index is 0.211. The van der Waals surface area contributed by atoms with Gasteiger partial charge in [-0.1, -0.05) is 11.6 Å². The molecule has 0 aliphatic carbocycles. The highest BCUT2D eigenvalue weighted by Gasteiger charge is 2.11. The van der Waals surface area contributed by atoms with Crippen LogP contribution in [0.15, 0.2) is 23.3 Å². The predicted molar refractivity (Wildman–Crippen MR) is 83.8 cm³/mol. The Hall–Kier alpha value is -2.50. The maximum absolute atomic E-state index is 11.4. The van der Waals surface area contributed by atoms with E-state index < -0.39 is 5.91 Å². The molecule has 0 radical (unpaired) electrons. The lowest BCUT2D eigenvalue weighted by molar-refractivity contribution is -0.140. The number of nitrogens with zero attached hydrogens (tertiary/aromatic N) is 3. The standard InChI is InChI=1S/C10H7ClN4O.C4H8O2/c1-5-2-6-3-7(10(16)14-15-12)8(11)4-9(6)13-5;1-3-6-4(2)5/h2-4,13H,1H3;3H2,1-2H3. The average molecular weight is 323 g/mol. The number of aromatic nitrogens is 1. The normalized spacial score (nSPS) is 9.45. The van der Waals surface area contributed by atoms with E-state index in [9.17, 15) is 9.59 Å². The number of fused-ring (bicyclic) bond motifs is 1. The Morgan fingerprint density at radius 1 is 1.41 bits per heavy atom. The van der Waals surface area contributed by atoms with Crippen LogP contribution in [0.1, 0.15) is 29.9 Å². The monoisotopic (exact) mass is 322 g/mol. The first-order valence-corrected chi connectivity index (χ1v) is 6.78. The van der Waals surface area contributed by atoms with Crippen molar-refractivity contribution in [3.63, 3.8) is 0 Å². The molecule has 1 heterocycles. The van der Waals surface area contributed by atoms with Gasteiger partial charge in [-0.3, -0.25) is 9.59 Å². The summed E-state index contributed by atoms with van der Waals surface area (Å²) in [5, 5.41) is 4.15. The van der Waals surface area contributed by atoms with Crippen LogP contribution in [-0.2, 0) is 9.53 Å². The van der Waals surface area contributed by atoms with Gasteiger partial charge in [0.15, 0.2) is 0 Å². The van der Waals surface area contributed by atoms with Crippen molar-refractivity contribution in [2.75, 3.05) is 6.61 Å². The highest BCUT2D eigenvalue weighted by Crippen LogP contribution is 2.25. The third-order valence-electron chi connectivity index (χ3n) is 2.56. The van der Waals surface area contributed by atoms with E-state index >= 15 is 0 Å². The van der Waals surface area contributed by atoms with Gasteiger partial charge in [0.1, 0.15) is 0 Å². The summed E-state index contributed by atoms with van der Waals surface area (Å²) in [5.74, 6) is -0.884. The molecule has 2 rings (SSSR count). The minimum Gasteiger partial charge on any atom is -0.466 e. The number of amides is 1. The second kappa shape index (κ2) is 8.07. The summed E-state index contributed by atoms with van der Waals surface area (Å²) < 4.78 is 4.40. The Bertz CT molecular complexity index is 748. The quantitative estimate of drug-likeness (QED) is 0.388. The van der Waals surface area contributed by atoms with E-state index in [2.05, 4.69) is 19.7 Å². The molecule has 7 nitrogen and oxygen atoms in total. The molecule has 2 aromatic rings. The minimum atomic E-state index is -0.673. The van der Waals surface area contributed by atoms with Crippen molar-refractivity contribution in [2.45, 2.75) is 20.8 Å². The Morgan fingerprint density at radius 3 is 2.59 bits per heavy atom. The molecule has 0 aliphatic heterocycles. The zero-order valence-corrected chi connectivity index (χ0v) is 13.1. The molecule has 1 amide bonds. The van der Waals surface area contributed by atoms with Crippen LogP contribution in [0.2, 0.25) is 5.02 Å². The van der Waals surface area contributed by atoms with Gasteiger partial charge in [0, 0.05) is 34.0 Å². The van der Waals surface area contributed by atoms with Gasteiger partial charge in [-0.25, -0.2) is 0 Å². The first kappa shape index (κ1) is 17.6. The lowest BCUT2D eigenvalue weighted by atomic mass is 10.1. The van der Waals surface area contributed by atoms with Crippen LogP contribution in [0, 0.1) is 6.92 Å². The molecule has 1 aromatic heterocycles. The van der Waals surface area contributed by atoms with Crippen molar-refractivity contribution in [3.8, 4) is 0 Å². The molecule has 0 saturated heterocycles. The zero-order chi connectivity index (χ0) is 16.7. The van der Waals surface area contributed by atoms with Crippen molar-refractivity contribution < 1.29 is 14.3 Å². The number of halogens is 1. The van der Waals surface area contributed by atoms with E-state index in [4.69, 9.17) is 17.1 Å². The summed E-state index contributed by atoms with van der Waals surface area (Å²) in [6.07, 6.45) is 0. The fraction of sp³-hybridized carbons (Fsp3) is 0.286. The highest BCUT2D eigenvalue weighted by atomic mass is 35.5. The molecule has 0 spiro atoms. The van der Waals surface area contributed by atoms with Gasteiger partial charge in [0.25, 0.3) is 5.91 Å². The third kappa shape index (κ3) is 4.80. The van der Waals surface area contributed by atoms with Crippen LogP contribution in [0.25, 0.3) is 21.3 Å². The van der Waals surface area contributed by atoms with Gasteiger partial charge in [-0.2, -0.15) is 0 Å². The van der Waals surface area contributed by atoms with Crippen LogP contribution >= 0.6 is 11.6 Å². The number of carbonyl (C=O) groups excluding carboxylic acids is 2. The number of carbonyl (C=O) groups is 2. The van der Waals surface area contributed by atoms with Gasteiger partial charge < -0.3 is 9.72 Å². The average Bonchev–Trinajstić information content (AvgIpc) is 2.77. The molecule has 0 atom stereocenters. The molecule has 22 heavy (non-hydrogen) atoms. The van der Waals surface area contributed by atoms with Crippen molar-refractivity contribution >= 4 is 34.4 Å². The smallest absolute Gasteiger partial charge is 0.302 e. The summed E-state index contributed by atoms with van der Waals surface area (Å²) in [4.78, 5) is 26.8. The molecular weight excluding hydrogens is 308 g/mol. The molecule has 8 heteroatoms. The summed E-state index contributed by atoms with van der Waals surface area (Å²) in [5.41, 5.74) is 10.2. The van der Waals surface area contributed by atoms with Crippen molar-refractivity contribution in [1.29, 1.82) is 0 Å². The van der Waals surface area contributed by atoms with Gasteiger partial charge in [0.05, 0.1) is 11.6 Å². The number of aromatic amines is 1. The first-order valence-electron chi connectivity index (χ1n) is 6.40. The third-order valence-corrected chi connectivity index (χ3v) is 2.87. The number of azide groups is 1. The zero-order valence-electron chi connectivity index (χ0n) is 12.4. The van der Waals surface area contributed by atoms with E-state index in [0.29, 0.717) is 6.61 Å². The molecule has 1 N–H and O–H groups in total. The first-order chi connectivity index (χ1) is 10.4. The van der Waals surface area contributed by atoms with Gasteiger partial charge in [0.2, 0.25) is 0 Å². The van der Waals surface area contributed by atoms with E-state index in [1.807, 2.05) is 13.0 Å². The van der Waals surface area contributed by atoms with E-state index in [1.54, 1.807) is 19.1 Å². The maximum atomic E-state index is 11.4.